The first-order chi connectivity index (χ1) is 13.2. The lowest BCUT2D eigenvalue weighted by Gasteiger charge is -2.13. The summed E-state index contributed by atoms with van der Waals surface area (Å²) in [5, 5.41) is 1.93. The van der Waals surface area contributed by atoms with Crippen molar-refractivity contribution in [3.05, 3.63) is 101 Å². The molecule has 1 heterocycles. The molecule has 5 heteroatoms. The molecule has 134 valence electrons. The van der Waals surface area contributed by atoms with Gasteiger partial charge in [-0.2, -0.15) is 0 Å². The number of thiol groups is 1. The minimum absolute atomic E-state index is 0.167. The zero-order chi connectivity index (χ0) is 18.6. The maximum absolute atomic E-state index is 13.0. The average Bonchev–Trinajstić information content (AvgIpc) is 2.91. The van der Waals surface area contributed by atoms with Crippen LogP contribution in [0.3, 0.4) is 0 Å². The number of nitrogens with one attached hydrogen (secondary N) is 1. The molecule has 1 atom stereocenters. The first-order valence-electron chi connectivity index (χ1n) is 8.46. The fraction of sp³-hybridized carbons (Fsp3) is 0. The van der Waals surface area contributed by atoms with Crippen LogP contribution in [0.4, 0.5) is 4.39 Å². The van der Waals surface area contributed by atoms with Crippen LogP contribution in [0, 0.1) is 5.82 Å². The van der Waals surface area contributed by atoms with Crippen molar-refractivity contribution in [3.63, 3.8) is 0 Å². The normalized spacial score (nSPS) is 16.4. The molecule has 0 aliphatic carbocycles. The van der Waals surface area contributed by atoms with Gasteiger partial charge >= 0.3 is 0 Å². The predicted molar refractivity (Wildman–Crippen MR) is 111 cm³/mol. The number of carbonyl (C=O) groups is 1. The first-order valence-corrected chi connectivity index (χ1v) is 9.83. The molecule has 3 aromatic rings. The highest BCUT2D eigenvalue weighted by molar-refractivity contribution is 8.17. The van der Waals surface area contributed by atoms with Crippen molar-refractivity contribution in [3.8, 4) is 11.1 Å². The highest BCUT2D eigenvalue weighted by Gasteiger charge is 2.10. The number of amides is 1. The zero-order valence-corrected chi connectivity index (χ0v) is 15.2. The predicted octanol–water partition coefficient (Wildman–Crippen LogP) is 5.16. The molecule has 0 fully saturated rings. The Bertz CT molecular complexity index is 994. The number of hydrogen-bond donors (Lipinski definition) is 2. The molecule has 1 amide bonds. The van der Waals surface area contributed by atoms with Crippen LogP contribution in [0.1, 0.15) is 21.5 Å². The summed E-state index contributed by atoms with van der Waals surface area (Å²) in [5.74, 6) is -0.434. The van der Waals surface area contributed by atoms with E-state index in [4.69, 9.17) is 0 Å². The van der Waals surface area contributed by atoms with Crippen molar-refractivity contribution in [1.82, 2.24) is 4.72 Å². The Hall–Kier alpha value is -3.18. The van der Waals surface area contributed by atoms with E-state index in [1.165, 1.54) is 12.1 Å². The molecular formula is C22H17FN2OS. The largest absolute Gasteiger partial charge is 0.296 e. The van der Waals surface area contributed by atoms with E-state index in [2.05, 4.69) is 9.12 Å². The van der Waals surface area contributed by atoms with Gasteiger partial charge in [-0.3, -0.25) is 9.52 Å². The molecule has 27 heavy (non-hydrogen) atoms. The van der Waals surface area contributed by atoms with Gasteiger partial charge in [0.15, 0.2) is 0 Å². The summed E-state index contributed by atoms with van der Waals surface area (Å²) in [5.41, 5.74) is 4.52. The molecular weight excluding hydrogens is 359 g/mol. The Morgan fingerprint density at radius 2 is 1.48 bits per heavy atom. The molecule has 0 saturated heterocycles. The van der Waals surface area contributed by atoms with Crippen molar-refractivity contribution >= 4 is 29.5 Å². The Morgan fingerprint density at radius 1 is 0.852 bits per heavy atom. The van der Waals surface area contributed by atoms with Crippen LogP contribution in [-0.4, -0.2) is 12.1 Å². The van der Waals surface area contributed by atoms with Gasteiger partial charge in [-0.25, -0.2) is 8.79 Å². The third-order valence-electron chi connectivity index (χ3n) is 4.25. The average molecular weight is 376 g/mol. The number of nitrogens with zero attached hydrogens (tertiary/aromatic N) is 1. The van der Waals surface area contributed by atoms with Gasteiger partial charge in [-0.05, 0) is 52.4 Å². The van der Waals surface area contributed by atoms with Crippen LogP contribution < -0.4 is 4.72 Å². The number of halogens is 1. The van der Waals surface area contributed by atoms with Crippen LogP contribution in [0.25, 0.3) is 17.2 Å². The number of fused-ring (bicyclic) bond motifs is 1. The van der Waals surface area contributed by atoms with Gasteiger partial charge < -0.3 is 0 Å². The Labute approximate surface area is 159 Å². The summed E-state index contributed by atoms with van der Waals surface area (Å²) in [7, 11) is 0. The lowest BCUT2D eigenvalue weighted by atomic mass is 10.0. The third kappa shape index (κ3) is 3.99. The molecule has 4 rings (SSSR count). The third-order valence-corrected chi connectivity index (χ3v) is 5.48. The maximum atomic E-state index is 13.0. The molecule has 1 N–H and O–H groups in total. The van der Waals surface area contributed by atoms with Crippen molar-refractivity contribution in [1.29, 1.82) is 0 Å². The van der Waals surface area contributed by atoms with E-state index < -0.39 is 11.3 Å². The van der Waals surface area contributed by atoms with Crippen LogP contribution >= 0.6 is 11.3 Å². The molecule has 0 aromatic heterocycles. The Morgan fingerprint density at radius 3 is 2.19 bits per heavy atom. The molecule has 3 nitrogen and oxygen atoms in total. The Balaban J connectivity index is 1.47. The van der Waals surface area contributed by atoms with E-state index in [-0.39, 0.29) is 11.7 Å². The van der Waals surface area contributed by atoms with E-state index >= 15 is 0 Å². The van der Waals surface area contributed by atoms with Crippen molar-refractivity contribution in [2.75, 3.05) is 0 Å². The SMILES string of the molecule is O=C(N[SH]1C=Cc2ccccc2C=N1)c1ccc(-c2ccc(F)cc2)cc1. The van der Waals surface area contributed by atoms with Crippen LogP contribution in [-0.2, 0) is 0 Å². The fourth-order valence-corrected chi connectivity index (χ4v) is 3.88. The van der Waals surface area contributed by atoms with Gasteiger partial charge in [0, 0.05) is 17.3 Å². The fourth-order valence-electron chi connectivity index (χ4n) is 2.79. The summed E-state index contributed by atoms with van der Waals surface area (Å²) in [6, 6.07) is 21.5. The number of carbonyl (C=O) groups excluding carboxylic acids is 1. The van der Waals surface area contributed by atoms with Crippen molar-refractivity contribution in [2.24, 2.45) is 4.40 Å². The number of benzene rings is 3. The van der Waals surface area contributed by atoms with Crippen LogP contribution in [0.5, 0.6) is 0 Å². The van der Waals surface area contributed by atoms with Crippen LogP contribution in [0.15, 0.2) is 82.6 Å². The minimum Gasteiger partial charge on any atom is -0.296 e. The van der Waals surface area contributed by atoms with Gasteiger partial charge in [0.1, 0.15) is 5.82 Å². The quantitative estimate of drug-likeness (QED) is 0.609. The molecule has 1 aliphatic rings. The molecule has 0 spiro atoms. The lowest BCUT2D eigenvalue weighted by Crippen LogP contribution is -2.18. The number of rotatable bonds is 3. The summed E-state index contributed by atoms with van der Waals surface area (Å²) >= 11 is -1.12. The summed E-state index contributed by atoms with van der Waals surface area (Å²) in [4.78, 5) is 12.5. The highest BCUT2D eigenvalue weighted by Crippen LogP contribution is 2.29. The van der Waals surface area contributed by atoms with E-state index in [0.29, 0.717) is 5.56 Å². The van der Waals surface area contributed by atoms with Gasteiger partial charge in [-0.15, -0.1) is 0 Å². The second-order valence-corrected chi connectivity index (χ2v) is 7.50. The zero-order valence-electron chi connectivity index (χ0n) is 14.3. The standard InChI is InChI=1S/C22H17FN2OS/c23-21-11-9-18(10-12-21)17-5-7-19(8-6-17)22(26)25-27-14-13-16-3-1-2-4-20(16)15-24-27/h1-15,27H,(H,25,26). The van der Waals surface area contributed by atoms with Gasteiger partial charge in [0.05, 0.1) is 0 Å². The summed E-state index contributed by atoms with van der Waals surface area (Å²) in [6.07, 6.45) is 3.80. The second kappa shape index (κ2) is 7.60. The number of hydrogen-bond acceptors (Lipinski definition) is 2. The monoisotopic (exact) mass is 376 g/mol. The topological polar surface area (TPSA) is 41.5 Å². The molecule has 1 unspecified atom stereocenters. The first kappa shape index (κ1) is 17.2. The van der Waals surface area contributed by atoms with Crippen molar-refractivity contribution in [2.45, 2.75) is 0 Å². The van der Waals surface area contributed by atoms with E-state index in [1.54, 1.807) is 30.5 Å². The van der Waals surface area contributed by atoms with Crippen molar-refractivity contribution < 1.29 is 9.18 Å². The molecule has 0 bridgehead atoms. The van der Waals surface area contributed by atoms with E-state index in [1.807, 2.05) is 47.9 Å². The summed E-state index contributed by atoms with van der Waals surface area (Å²) in [6.45, 7) is 0. The maximum Gasteiger partial charge on any atom is 0.261 e. The molecule has 1 aliphatic heterocycles. The Kier molecular flexibility index (Phi) is 4.85. The van der Waals surface area contributed by atoms with Crippen LogP contribution in [0.2, 0.25) is 0 Å². The van der Waals surface area contributed by atoms with Gasteiger partial charge in [0.25, 0.3) is 5.91 Å². The van der Waals surface area contributed by atoms with Gasteiger partial charge in [0.2, 0.25) is 0 Å². The minimum atomic E-state index is -1.12. The van der Waals surface area contributed by atoms with E-state index in [9.17, 15) is 9.18 Å². The van der Waals surface area contributed by atoms with Gasteiger partial charge in [-0.1, -0.05) is 59.8 Å². The second-order valence-electron chi connectivity index (χ2n) is 6.06. The van der Waals surface area contributed by atoms with E-state index in [0.717, 1.165) is 22.3 Å². The molecule has 0 saturated carbocycles. The smallest absolute Gasteiger partial charge is 0.261 e. The summed E-state index contributed by atoms with van der Waals surface area (Å²) < 4.78 is 20.5. The molecule has 0 radical (unpaired) electrons. The highest BCUT2D eigenvalue weighted by atomic mass is 32.2. The molecule has 3 aromatic carbocycles. The lowest BCUT2D eigenvalue weighted by molar-refractivity contribution is 0.0984.